The Morgan fingerprint density at radius 3 is 2.02 bits per heavy atom. The molecule has 0 saturated heterocycles. The maximum Gasteiger partial charge on any atom is 0.325 e. The van der Waals surface area contributed by atoms with E-state index in [1.807, 2.05) is 0 Å². The number of methoxy groups -OCH3 is 1. The molecule has 17 nitrogen and oxygen atoms in total. The van der Waals surface area contributed by atoms with Crippen molar-refractivity contribution in [2.75, 3.05) is 43.6 Å². The fourth-order valence-electron chi connectivity index (χ4n) is 3.45. The zero-order chi connectivity index (χ0) is 31.4. The minimum Gasteiger partial charge on any atom is -0.494 e. The first kappa shape index (κ1) is 32.9. The number of amides is 1. The number of thioether (sulfide) groups is 1. The molecule has 1 N–H and O–H groups in total. The molecule has 0 fully saturated rings. The van der Waals surface area contributed by atoms with Crippen LogP contribution in [0.1, 0.15) is 20.8 Å². The van der Waals surface area contributed by atoms with E-state index in [1.54, 1.807) is 19.2 Å². The van der Waals surface area contributed by atoms with Crippen LogP contribution in [0.3, 0.4) is 0 Å². The van der Waals surface area contributed by atoms with Crippen LogP contribution in [0.5, 0.6) is 5.75 Å². The lowest BCUT2D eigenvalue weighted by Gasteiger charge is -2.25. The summed E-state index contributed by atoms with van der Waals surface area (Å²) in [6, 6.07) is 4.26. The van der Waals surface area contributed by atoms with E-state index in [0.717, 1.165) is 6.07 Å². The molecule has 0 heterocycles. The quantitative estimate of drug-likeness (QED) is 0.0789. The number of azo groups is 1. The van der Waals surface area contributed by atoms with E-state index in [1.165, 1.54) is 31.1 Å². The SMILES string of the molecule is CCOC(=O)CN(CC(=O)OCC)c1cc(NC(C)=O)c(N=Nc2cc(SC#N)c([N+](=O)[O-])cc2[N+](=O)[O-])cc1OC. The van der Waals surface area contributed by atoms with Crippen molar-refractivity contribution >= 4 is 63.7 Å². The predicted octanol–water partition coefficient (Wildman–Crippen LogP) is 4.39. The zero-order valence-corrected chi connectivity index (χ0v) is 23.6. The summed E-state index contributed by atoms with van der Waals surface area (Å²) in [5.74, 6) is -1.81. The standard InChI is InChI=1S/C24H25N7O10S/c1-5-40-23(33)11-29(12-24(34)41-6-2)19-7-15(26-14(3)32)16(8-21(19)39-4)27-28-17-9-22(42-13-25)20(31(37)38)10-18(17)30(35)36/h7-10H,5-6,11-12H2,1-4H3,(H,26,32). The van der Waals surface area contributed by atoms with Gasteiger partial charge in [-0.15, -0.1) is 10.2 Å². The third-order valence-electron chi connectivity index (χ3n) is 5.07. The second-order valence-electron chi connectivity index (χ2n) is 7.90. The highest BCUT2D eigenvalue weighted by molar-refractivity contribution is 8.03. The van der Waals surface area contributed by atoms with Crippen molar-refractivity contribution in [1.29, 1.82) is 5.26 Å². The molecular formula is C24H25N7O10S. The lowest BCUT2D eigenvalue weighted by Crippen LogP contribution is -2.36. The van der Waals surface area contributed by atoms with Crippen molar-refractivity contribution in [1.82, 2.24) is 0 Å². The highest BCUT2D eigenvalue weighted by Crippen LogP contribution is 2.42. The van der Waals surface area contributed by atoms with E-state index >= 15 is 0 Å². The summed E-state index contributed by atoms with van der Waals surface area (Å²) in [6.45, 7) is 3.81. The van der Waals surface area contributed by atoms with E-state index in [2.05, 4.69) is 15.5 Å². The number of benzene rings is 2. The van der Waals surface area contributed by atoms with Gasteiger partial charge in [0.15, 0.2) is 5.69 Å². The minimum atomic E-state index is -0.900. The largest absolute Gasteiger partial charge is 0.494 e. The average molecular weight is 604 g/mol. The Kier molecular flexibility index (Phi) is 12.1. The van der Waals surface area contributed by atoms with Gasteiger partial charge < -0.3 is 24.4 Å². The smallest absolute Gasteiger partial charge is 0.325 e. The number of esters is 2. The van der Waals surface area contributed by atoms with Gasteiger partial charge in [-0.3, -0.25) is 34.6 Å². The van der Waals surface area contributed by atoms with E-state index in [-0.39, 0.29) is 40.9 Å². The summed E-state index contributed by atoms with van der Waals surface area (Å²) < 4.78 is 15.4. The first-order valence-corrected chi connectivity index (χ1v) is 12.8. The zero-order valence-electron chi connectivity index (χ0n) is 22.8. The molecule has 18 heteroatoms. The number of nitro benzene ring substituents is 2. The van der Waals surface area contributed by atoms with Crippen molar-refractivity contribution in [2.24, 2.45) is 10.2 Å². The molecule has 2 aromatic rings. The third-order valence-corrected chi connectivity index (χ3v) is 5.71. The van der Waals surface area contributed by atoms with Crippen LogP contribution in [0.4, 0.5) is 34.1 Å². The van der Waals surface area contributed by atoms with Crippen molar-refractivity contribution in [3.8, 4) is 11.2 Å². The van der Waals surface area contributed by atoms with Gasteiger partial charge in [-0.25, -0.2) is 0 Å². The van der Waals surface area contributed by atoms with Crippen molar-refractivity contribution in [3.05, 3.63) is 44.5 Å². The van der Waals surface area contributed by atoms with Gasteiger partial charge in [-0.05, 0) is 37.7 Å². The summed E-state index contributed by atoms with van der Waals surface area (Å²) in [5.41, 5.74) is -1.73. The molecule has 0 aliphatic heterocycles. The van der Waals surface area contributed by atoms with Crippen LogP contribution in [0.15, 0.2) is 39.4 Å². The fourth-order valence-corrected chi connectivity index (χ4v) is 3.95. The number of carbonyl (C=O) groups is 3. The molecule has 0 aromatic heterocycles. The molecule has 0 bridgehead atoms. The number of nitro groups is 2. The maximum atomic E-state index is 12.3. The Labute approximate surface area is 242 Å². The van der Waals surface area contributed by atoms with E-state index < -0.39 is 57.8 Å². The monoisotopic (exact) mass is 603 g/mol. The number of nitriles is 1. The van der Waals surface area contributed by atoms with Gasteiger partial charge in [-0.2, -0.15) is 5.26 Å². The molecule has 42 heavy (non-hydrogen) atoms. The van der Waals surface area contributed by atoms with E-state index in [0.29, 0.717) is 17.8 Å². The van der Waals surface area contributed by atoms with Crippen LogP contribution in [0, 0.1) is 30.9 Å². The van der Waals surface area contributed by atoms with Crippen LogP contribution in [0.2, 0.25) is 0 Å². The summed E-state index contributed by atoms with van der Waals surface area (Å²) >= 11 is 0.407. The van der Waals surface area contributed by atoms with Gasteiger partial charge in [0, 0.05) is 13.0 Å². The highest BCUT2D eigenvalue weighted by atomic mass is 32.2. The fraction of sp³-hybridized carbons (Fsp3) is 0.333. The van der Waals surface area contributed by atoms with Gasteiger partial charge in [-0.1, -0.05) is 0 Å². The number of ether oxygens (including phenoxy) is 3. The molecule has 0 spiro atoms. The van der Waals surface area contributed by atoms with Crippen LogP contribution in [-0.2, 0) is 23.9 Å². The highest BCUT2D eigenvalue weighted by Gasteiger charge is 2.26. The topological polar surface area (TPSA) is 229 Å². The number of thiocyanates is 1. The Morgan fingerprint density at radius 2 is 1.55 bits per heavy atom. The maximum absolute atomic E-state index is 12.3. The number of anilines is 2. The summed E-state index contributed by atoms with van der Waals surface area (Å²) in [6.07, 6.45) is 0. The van der Waals surface area contributed by atoms with Crippen LogP contribution in [0.25, 0.3) is 0 Å². The molecule has 0 radical (unpaired) electrons. The number of hydrogen-bond donors (Lipinski definition) is 1. The van der Waals surface area contributed by atoms with E-state index in [4.69, 9.17) is 19.5 Å². The first-order chi connectivity index (χ1) is 19.9. The Hall–Kier alpha value is -5.31. The Balaban J connectivity index is 2.72. The van der Waals surface area contributed by atoms with E-state index in [9.17, 15) is 34.6 Å². The van der Waals surface area contributed by atoms with Crippen LogP contribution < -0.4 is 15.0 Å². The number of carbonyl (C=O) groups excluding carboxylic acids is 3. The molecule has 0 aliphatic carbocycles. The molecule has 0 atom stereocenters. The predicted molar refractivity (Wildman–Crippen MR) is 148 cm³/mol. The van der Waals surface area contributed by atoms with Crippen LogP contribution >= 0.6 is 11.8 Å². The Bertz CT molecular complexity index is 1440. The number of rotatable bonds is 14. The van der Waals surface area contributed by atoms with Gasteiger partial charge in [0.2, 0.25) is 5.91 Å². The van der Waals surface area contributed by atoms with Crippen molar-refractivity contribution in [3.63, 3.8) is 0 Å². The van der Waals surface area contributed by atoms with Gasteiger partial charge in [0.1, 0.15) is 34.8 Å². The summed E-state index contributed by atoms with van der Waals surface area (Å²) in [4.78, 5) is 58.9. The van der Waals surface area contributed by atoms with Gasteiger partial charge >= 0.3 is 17.6 Å². The van der Waals surface area contributed by atoms with Gasteiger partial charge in [0.25, 0.3) is 5.69 Å². The molecule has 222 valence electrons. The molecule has 1 amide bonds. The average Bonchev–Trinajstić information content (AvgIpc) is 2.91. The minimum absolute atomic E-state index is 0.0101. The number of hydrogen-bond acceptors (Lipinski definition) is 15. The third kappa shape index (κ3) is 8.85. The second kappa shape index (κ2) is 15.5. The molecule has 0 aliphatic rings. The van der Waals surface area contributed by atoms with Crippen molar-refractivity contribution in [2.45, 2.75) is 25.7 Å². The molecule has 0 saturated carbocycles. The first-order valence-electron chi connectivity index (χ1n) is 12.0. The lowest BCUT2D eigenvalue weighted by atomic mass is 10.2. The molecular weight excluding hydrogens is 578 g/mol. The lowest BCUT2D eigenvalue weighted by molar-refractivity contribution is -0.395. The Morgan fingerprint density at radius 1 is 0.976 bits per heavy atom. The normalized spacial score (nSPS) is 10.5. The van der Waals surface area contributed by atoms with Crippen molar-refractivity contribution < 1.29 is 38.4 Å². The van der Waals surface area contributed by atoms with Gasteiger partial charge in [0.05, 0.1) is 47.6 Å². The summed E-state index contributed by atoms with van der Waals surface area (Å²) in [7, 11) is 1.29. The summed E-state index contributed by atoms with van der Waals surface area (Å²) in [5, 5.41) is 44.1. The molecule has 2 rings (SSSR count). The van der Waals surface area contributed by atoms with Crippen LogP contribution in [-0.4, -0.2) is 61.1 Å². The second-order valence-corrected chi connectivity index (χ2v) is 8.73. The number of nitrogens with one attached hydrogen (secondary N) is 1. The molecule has 2 aromatic carbocycles. The molecule has 0 unspecified atom stereocenters. The number of nitrogens with zero attached hydrogens (tertiary/aromatic N) is 6.